The van der Waals surface area contributed by atoms with E-state index in [4.69, 9.17) is 0 Å². The van der Waals surface area contributed by atoms with E-state index >= 15 is 0 Å². The number of anilines is 1. The summed E-state index contributed by atoms with van der Waals surface area (Å²) in [4.78, 5) is 18.3. The number of carbonyl (C=O) groups excluding carboxylic acids is 1. The fraction of sp³-hybridized carbons (Fsp3) is 0.526. The lowest BCUT2D eigenvalue weighted by Crippen LogP contribution is -2.45. The predicted molar refractivity (Wildman–Crippen MR) is 98.4 cm³/mol. The average Bonchev–Trinajstić information content (AvgIpc) is 3.14. The molecular formula is C19H27N5O. The van der Waals surface area contributed by atoms with E-state index in [0.717, 1.165) is 31.6 Å². The number of nitrogens with one attached hydrogen (secondary N) is 1. The third kappa shape index (κ3) is 4.81. The predicted octanol–water partition coefficient (Wildman–Crippen LogP) is 2.89. The van der Waals surface area contributed by atoms with E-state index in [-0.39, 0.29) is 5.91 Å². The van der Waals surface area contributed by atoms with E-state index in [1.165, 1.54) is 11.9 Å². The molecule has 134 valence electrons. The van der Waals surface area contributed by atoms with Crippen molar-refractivity contribution in [2.75, 3.05) is 18.4 Å². The standard InChI is InChI=1S/C19H27N5O/c1-15(2)16-5-7-17(8-6-16)22-18-4-3-10-23(12-18)19(25)9-11-24-14-20-13-21-24/h5-8,13-15,18,22H,3-4,9-12H2,1-2H3/t18-/m1/s1. The van der Waals surface area contributed by atoms with Crippen LogP contribution in [0.3, 0.4) is 0 Å². The van der Waals surface area contributed by atoms with Crippen molar-refractivity contribution in [1.29, 1.82) is 0 Å². The molecule has 0 spiro atoms. The molecule has 6 nitrogen and oxygen atoms in total. The number of aromatic nitrogens is 3. The minimum Gasteiger partial charge on any atom is -0.381 e. The van der Waals surface area contributed by atoms with Crippen LogP contribution in [0.5, 0.6) is 0 Å². The molecule has 1 atom stereocenters. The number of rotatable bonds is 6. The normalized spacial score (nSPS) is 17.7. The van der Waals surface area contributed by atoms with Crippen molar-refractivity contribution < 1.29 is 4.79 Å². The summed E-state index contributed by atoms with van der Waals surface area (Å²) in [6, 6.07) is 8.95. The van der Waals surface area contributed by atoms with Gasteiger partial charge in [0.15, 0.2) is 0 Å². The summed E-state index contributed by atoms with van der Waals surface area (Å²) in [5.74, 6) is 0.735. The highest BCUT2D eigenvalue weighted by molar-refractivity contribution is 5.76. The van der Waals surface area contributed by atoms with Gasteiger partial charge in [0.1, 0.15) is 12.7 Å². The number of likely N-dealkylation sites (tertiary alicyclic amines) is 1. The largest absolute Gasteiger partial charge is 0.381 e. The van der Waals surface area contributed by atoms with E-state index in [9.17, 15) is 4.79 Å². The molecule has 25 heavy (non-hydrogen) atoms. The number of nitrogens with zero attached hydrogens (tertiary/aromatic N) is 4. The van der Waals surface area contributed by atoms with Crippen LogP contribution in [0, 0.1) is 0 Å². The molecule has 6 heteroatoms. The Morgan fingerprint density at radius 2 is 2.12 bits per heavy atom. The van der Waals surface area contributed by atoms with E-state index in [2.05, 4.69) is 53.5 Å². The molecule has 2 heterocycles. The van der Waals surface area contributed by atoms with Crippen LogP contribution in [-0.4, -0.2) is 44.7 Å². The third-order valence-electron chi connectivity index (χ3n) is 4.74. The molecule has 0 radical (unpaired) electrons. The monoisotopic (exact) mass is 341 g/mol. The number of hydrogen-bond acceptors (Lipinski definition) is 4. The summed E-state index contributed by atoms with van der Waals surface area (Å²) in [6.07, 6.45) is 5.75. The number of piperidine rings is 1. The lowest BCUT2D eigenvalue weighted by molar-refractivity contribution is -0.132. The Labute approximate surface area is 149 Å². The molecular weight excluding hydrogens is 314 g/mol. The summed E-state index contributed by atoms with van der Waals surface area (Å²) in [6.45, 7) is 6.60. The Hall–Kier alpha value is -2.37. The highest BCUT2D eigenvalue weighted by Crippen LogP contribution is 2.20. The zero-order chi connectivity index (χ0) is 17.6. The van der Waals surface area contributed by atoms with Gasteiger partial charge in [-0.3, -0.25) is 9.48 Å². The van der Waals surface area contributed by atoms with Gasteiger partial charge in [-0.05, 0) is 36.5 Å². The van der Waals surface area contributed by atoms with Crippen LogP contribution in [0.15, 0.2) is 36.9 Å². The maximum Gasteiger partial charge on any atom is 0.224 e. The number of benzene rings is 1. The summed E-state index contributed by atoms with van der Waals surface area (Å²) in [7, 11) is 0. The second-order valence-electron chi connectivity index (χ2n) is 7.01. The second kappa shape index (κ2) is 8.14. The maximum absolute atomic E-state index is 12.4. The summed E-state index contributed by atoms with van der Waals surface area (Å²) < 4.78 is 1.70. The molecule has 0 unspecified atom stereocenters. The van der Waals surface area contributed by atoms with E-state index in [0.29, 0.717) is 24.9 Å². The second-order valence-corrected chi connectivity index (χ2v) is 7.01. The number of carbonyl (C=O) groups is 1. The van der Waals surface area contributed by atoms with Crippen LogP contribution >= 0.6 is 0 Å². The first-order chi connectivity index (χ1) is 12.1. The minimum absolute atomic E-state index is 0.192. The van der Waals surface area contributed by atoms with E-state index < -0.39 is 0 Å². The molecule has 1 fully saturated rings. The smallest absolute Gasteiger partial charge is 0.224 e. The van der Waals surface area contributed by atoms with Gasteiger partial charge in [0, 0.05) is 31.2 Å². The Bertz CT molecular complexity index is 666. The Morgan fingerprint density at radius 1 is 1.32 bits per heavy atom. The molecule has 3 rings (SSSR count). The summed E-state index contributed by atoms with van der Waals surface area (Å²) >= 11 is 0. The molecule has 2 aromatic rings. The maximum atomic E-state index is 12.4. The molecule has 0 bridgehead atoms. The Kier molecular flexibility index (Phi) is 5.68. The number of aryl methyl sites for hydroxylation is 1. The van der Waals surface area contributed by atoms with Gasteiger partial charge in [0.05, 0.1) is 6.54 Å². The number of amides is 1. The van der Waals surface area contributed by atoms with Gasteiger partial charge in [-0.2, -0.15) is 5.10 Å². The number of hydrogen-bond donors (Lipinski definition) is 1. The van der Waals surface area contributed by atoms with Crippen molar-refractivity contribution in [3.8, 4) is 0 Å². The van der Waals surface area contributed by atoms with Crippen molar-refractivity contribution in [3.63, 3.8) is 0 Å². The third-order valence-corrected chi connectivity index (χ3v) is 4.74. The molecule has 1 aromatic heterocycles. The van der Waals surface area contributed by atoms with Crippen LogP contribution in [0.2, 0.25) is 0 Å². The van der Waals surface area contributed by atoms with Gasteiger partial charge in [-0.1, -0.05) is 26.0 Å². The van der Waals surface area contributed by atoms with Crippen molar-refractivity contribution in [2.24, 2.45) is 0 Å². The molecule has 0 saturated carbocycles. The molecule has 1 amide bonds. The topological polar surface area (TPSA) is 63.1 Å². The lowest BCUT2D eigenvalue weighted by Gasteiger charge is -2.34. The quantitative estimate of drug-likeness (QED) is 0.877. The Morgan fingerprint density at radius 3 is 2.80 bits per heavy atom. The van der Waals surface area contributed by atoms with E-state index in [1.54, 1.807) is 11.0 Å². The molecule has 1 aliphatic heterocycles. The highest BCUT2D eigenvalue weighted by Gasteiger charge is 2.23. The first-order valence-electron chi connectivity index (χ1n) is 9.08. The summed E-state index contributed by atoms with van der Waals surface area (Å²) in [5, 5.41) is 7.63. The summed E-state index contributed by atoms with van der Waals surface area (Å²) in [5.41, 5.74) is 2.48. The van der Waals surface area contributed by atoms with Gasteiger partial charge in [0.2, 0.25) is 5.91 Å². The van der Waals surface area contributed by atoms with Gasteiger partial charge in [0.25, 0.3) is 0 Å². The molecule has 1 saturated heterocycles. The fourth-order valence-corrected chi connectivity index (χ4v) is 3.24. The van der Waals surface area contributed by atoms with Crippen molar-refractivity contribution in [2.45, 2.75) is 51.6 Å². The lowest BCUT2D eigenvalue weighted by atomic mass is 10.0. The van der Waals surface area contributed by atoms with Crippen molar-refractivity contribution in [1.82, 2.24) is 19.7 Å². The molecule has 1 aromatic carbocycles. The van der Waals surface area contributed by atoms with Crippen LogP contribution < -0.4 is 5.32 Å². The molecule has 1 aliphatic rings. The van der Waals surface area contributed by atoms with Gasteiger partial charge < -0.3 is 10.2 Å². The fourth-order valence-electron chi connectivity index (χ4n) is 3.24. The zero-order valence-corrected chi connectivity index (χ0v) is 15.1. The Balaban J connectivity index is 1.51. The van der Waals surface area contributed by atoms with Crippen LogP contribution in [-0.2, 0) is 11.3 Å². The zero-order valence-electron chi connectivity index (χ0n) is 15.1. The average molecular weight is 341 g/mol. The minimum atomic E-state index is 0.192. The van der Waals surface area contributed by atoms with Gasteiger partial charge in [-0.25, -0.2) is 4.98 Å². The van der Waals surface area contributed by atoms with E-state index in [1.807, 2.05) is 4.90 Å². The van der Waals surface area contributed by atoms with Crippen LogP contribution in [0.25, 0.3) is 0 Å². The first kappa shape index (κ1) is 17.5. The van der Waals surface area contributed by atoms with Crippen molar-refractivity contribution in [3.05, 3.63) is 42.5 Å². The highest BCUT2D eigenvalue weighted by atomic mass is 16.2. The van der Waals surface area contributed by atoms with Crippen LogP contribution in [0.1, 0.15) is 44.6 Å². The van der Waals surface area contributed by atoms with Crippen molar-refractivity contribution >= 4 is 11.6 Å². The van der Waals surface area contributed by atoms with Gasteiger partial charge >= 0.3 is 0 Å². The molecule has 0 aliphatic carbocycles. The van der Waals surface area contributed by atoms with Gasteiger partial charge in [-0.15, -0.1) is 0 Å². The van der Waals surface area contributed by atoms with Crippen LogP contribution in [0.4, 0.5) is 5.69 Å². The first-order valence-corrected chi connectivity index (χ1v) is 9.08. The SMILES string of the molecule is CC(C)c1ccc(N[C@@H]2CCCN(C(=O)CCn3cncn3)C2)cc1. The molecule has 1 N–H and O–H groups in total.